The highest BCUT2D eigenvalue weighted by Gasteiger charge is 2.08. The maximum Gasteiger partial charge on any atom is 0.317 e. The Morgan fingerprint density at radius 1 is 1.04 bits per heavy atom. The van der Waals surface area contributed by atoms with Gasteiger partial charge in [-0.25, -0.2) is 4.79 Å². The lowest BCUT2D eigenvalue weighted by Gasteiger charge is -2.21. The number of carbonyl (C=O) groups is 1. The topological polar surface area (TPSA) is 44.8 Å². The third kappa shape index (κ3) is 6.03. The fraction of sp³-hybridized carbons (Fsp3) is 0.350. The Kier molecular flexibility index (Phi) is 7.14. The van der Waals surface area contributed by atoms with E-state index in [0.717, 1.165) is 24.3 Å². The van der Waals surface area contributed by atoms with Gasteiger partial charge in [0.2, 0.25) is 0 Å². The number of amides is 2. The second-order valence-electron chi connectivity index (χ2n) is 6.05. The molecule has 0 atom stereocenters. The number of benzene rings is 2. The number of anilines is 1. The maximum atomic E-state index is 12.2. The zero-order valence-electron chi connectivity index (χ0n) is 15.2. The smallest absolute Gasteiger partial charge is 0.317 e. The molecule has 0 aliphatic heterocycles. The van der Waals surface area contributed by atoms with Crippen LogP contribution in [-0.2, 0) is 6.54 Å². The first kappa shape index (κ1) is 18.6. The summed E-state index contributed by atoms with van der Waals surface area (Å²) in [4.78, 5) is 16.0. The van der Waals surface area contributed by atoms with Crippen molar-refractivity contribution in [2.75, 3.05) is 39.2 Å². The van der Waals surface area contributed by atoms with E-state index in [1.165, 1.54) is 5.69 Å². The summed E-state index contributed by atoms with van der Waals surface area (Å²) >= 11 is 0. The predicted molar refractivity (Wildman–Crippen MR) is 102 cm³/mol. The number of ether oxygens (including phenoxy) is 1. The van der Waals surface area contributed by atoms with Crippen LogP contribution < -0.4 is 15.0 Å². The maximum absolute atomic E-state index is 12.2. The zero-order chi connectivity index (χ0) is 18.1. The van der Waals surface area contributed by atoms with E-state index in [-0.39, 0.29) is 6.03 Å². The average Bonchev–Trinajstić information content (AvgIpc) is 2.66. The molecule has 0 spiro atoms. The molecule has 25 heavy (non-hydrogen) atoms. The number of nitrogens with zero attached hydrogens (tertiary/aromatic N) is 2. The number of para-hydroxylation sites is 1. The van der Waals surface area contributed by atoms with E-state index in [1.807, 2.05) is 42.5 Å². The number of hydrogen-bond acceptors (Lipinski definition) is 3. The first-order valence-electron chi connectivity index (χ1n) is 8.48. The van der Waals surface area contributed by atoms with Crippen molar-refractivity contribution >= 4 is 11.7 Å². The summed E-state index contributed by atoms with van der Waals surface area (Å²) in [5.41, 5.74) is 2.26. The molecule has 0 saturated carbocycles. The van der Waals surface area contributed by atoms with Gasteiger partial charge in [-0.2, -0.15) is 0 Å². The van der Waals surface area contributed by atoms with Gasteiger partial charge in [0, 0.05) is 39.4 Å². The molecule has 134 valence electrons. The normalized spacial score (nSPS) is 10.2. The highest BCUT2D eigenvalue weighted by molar-refractivity contribution is 5.73. The van der Waals surface area contributed by atoms with Gasteiger partial charge >= 0.3 is 6.03 Å². The van der Waals surface area contributed by atoms with E-state index in [0.29, 0.717) is 13.1 Å². The van der Waals surface area contributed by atoms with Crippen molar-refractivity contribution in [2.45, 2.75) is 13.0 Å². The van der Waals surface area contributed by atoms with Crippen molar-refractivity contribution in [3.05, 3.63) is 60.2 Å². The van der Waals surface area contributed by atoms with Gasteiger partial charge in [0.05, 0.1) is 7.11 Å². The molecule has 0 aliphatic rings. The van der Waals surface area contributed by atoms with Crippen molar-refractivity contribution in [3.8, 4) is 5.75 Å². The minimum atomic E-state index is -0.0572. The number of urea groups is 1. The number of nitrogens with one attached hydrogen (secondary N) is 1. The number of hydrogen-bond donors (Lipinski definition) is 1. The lowest BCUT2D eigenvalue weighted by atomic mass is 10.2. The SMILES string of the molecule is COc1ccc(CN(C)C(=O)NCCCN(C)c2ccccc2)cc1. The molecule has 0 aromatic heterocycles. The molecule has 2 aromatic carbocycles. The summed E-state index contributed by atoms with van der Waals surface area (Å²) in [6.45, 7) is 2.12. The van der Waals surface area contributed by atoms with E-state index in [4.69, 9.17) is 4.74 Å². The molecule has 0 heterocycles. The van der Waals surface area contributed by atoms with Gasteiger partial charge in [-0.3, -0.25) is 0 Å². The number of rotatable bonds is 8. The molecule has 0 unspecified atom stereocenters. The quantitative estimate of drug-likeness (QED) is 0.749. The molecule has 2 aromatic rings. The Morgan fingerprint density at radius 2 is 1.72 bits per heavy atom. The summed E-state index contributed by atoms with van der Waals surface area (Å²) in [5.74, 6) is 0.818. The van der Waals surface area contributed by atoms with Crippen molar-refractivity contribution in [2.24, 2.45) is 0 Å². The second kappa shape index (κ2) is 9.57. The van der Waals surface area contributed by atoms with Gasteiger partial charge in [0.15, 0.2) is 0 Å². The molecule has 0 radical (unpaired) electrons. The monoisotopic (exact) mass is 341 g/mol. The number of methoxy groups -OCH3 is 1. The molecular weight excluding hydrogens is 314 g/mol. The van der Waals surface area contributed by atoms with E-state index >= 15 is 0 Å². The lowest BCUT2D eigenvalue weighted by molar-refractivity contribution is 0.207. The molecule has 0 fully saturated rings. The van der Waals surface area contributed by atoms with Gasteiger partial charge in [-0.05, 0) is 36.2 Å². The van der Waals surface area contributed by atoms with E-state index in [9.17, 15) is 4.79 Å². The fourth-order valence-corrected chi connectivity index (χ4v) is 2.53. The van der Waals surface area contributed by atoms with Crippen LogP contribution in [0.2, 0.25) is 0 Å². The molecule has 5 heteroatoms. The standard InChI is InChI=1S/C20H27N3O2/c1-22(18-8-5-4-6-9-18)15-7-14-21-20(24)23(2)16-17-10-12-19(25-3)13-11-17/h4-6,8-13H,7,14-16H2,1-3H3,(H,21,24). The van der Waals surface area contributed by atoms with Crippen molar-refractivity contribution in [1.29, 1.82) is 0 Å². The van der Waals surface area contributed by atoms with Gasteiger partial charge in [-0.1, -0.05) is 30.3 Å². The minimum absolute atomic E-state index is 0.0572. The third-order valence-corrected chi connectivity index (χ3v) is 4.07. The Bertz CT molecular complexity index is 644. The Balaban J connectivity index is 1.68. The highest BCUT2D eigenvalue weighted by Crippen LogP contribution is 2.13. The van der Waals surface area contributed by atoms with Gasteiger partial charge in [-0.15, -0.1) is 0 Å². The predicted octanol–water partition coefficient (Wildman–Crippen LogP) is 3.36. The van der Waals surface area contributed by atoms with Crippen molar-refractivity contribution in [1.82, 2.24) is 10.2 Å². The van der Waals surface area contributed by atoms with Crippen LogP contribution in [0.4, 0.5) is 10.5 Å². The van der Waals surface area contributed by atoms with E-state index in [1.54, 1.807) is 19.1 Å². The van der Waals surface area contributed by atoms with Crippen LogP contribution >= 0.6 is 0 Å². The van der Waals surface area contributed by atoms with Gasteiger partial charge in [0.25, 0.3) is 0 Å². The Hall–Kier alpha value is -2.69. The fourth-order valence-electron chi connectivity index (χ4n) is 2.53. The summed E-state index contributed by atoms with van der Waals surface area (Å²) in [7, 11) is 5.51. The summed E-state index contributed by atoms with van der Waals surface area (Å²) < 4.78 is 5.14. The molecule has 5 nitrogen and oxygen atoms in total. The largest absolute Gasteiger partial charge is 0.497 e. The summed E-state index contributed by atoms with van der Waals surface area (Å²) in [6, 6.07) is 17.9. The van der Waals surface area contributed by atoms with Crippen molar-refractivity contribution in [3.63, 3.8) is 0 Å². The second-order valence-corrected chi connectivity index (χ2v) is 6.05. The lowest BCUT2D eigenvalue weighted by Crippen LogP contribution is -2.38. The summed E-state index contributed by atoms with van der Waals surface area (Å²) in [5, 5.41) is 2.97. The minimum Gasteiger partial charge on any atom is -0.497 e. The third-order valence-electron chi connectivity index (χ3n) is 4.07. The molecule has 0 saturated heterocycles. The van der Waals surface area contributed by atoms with Crippen LogP contribution in [0.15, 0.2) is 54.6 Å². The molecule has 2 amide bonds. The van der Waals surface area contributed by atoms with Crippen LogP contribution in [-0.4, -0.2) is 45.2 Å². The summed E-state index contributed by atoms with van der Waals surface area (Å²) in [6.07, 6.45) is 0.896. The Labute approximate surface area is 150 Å². The van der Waals surface area contributed by atoms with Crippen LogP contribution in [0.1, 0.15) is 12.0 Å². The van der Waals surface area contributed by atoms with Crippen LogP contribution in [0.5, 0.6) is 5.75 Å². The van der Waals surface area contributed by atoms with Crippen molar-refractivity contribution < 1.29 is 9.53 Å². The van der Waals surface area contributed by atoms with Gasteiger partial charge < -0.3 is 19.9 Å². The van der Waals surface area contributed by atoms with E-state index in [2.05, 4.69) is 29.4 Å². The molecular formula is C20H27N3O2. The zero-order valence-corrected chi connectivity index (χ0v) is 15.2. The molecule has 1 N–H and O–H groups in total. The van der Waals surface area contributed by atoms with Crippen LogP contribution in [0.25, 0.3) is 0 Å². The molecule has 2 rings (SSSR count). The number of carbonyl (C=O) groups excluding carboxylic acids is 1. The first-order valence-corrected chi connectivity index (χ1v) is 8.48. The Morgan fingerprint density at radius 3 is 2.36 bits per heavy atom. The molecule has 0 aliphatic carbocycles. The molecule has 0 bridgehead atoms. The van der Waals surface area contributed by atoms with Gasteiger partial charge in [0.1, 0.15) is 5.75 Å². The average molecular weight is 341 g/mol. The van der Waals surface area contributed by atoms with Crippen LogP contribution in [0.3, 0.4) is 0 Å². The van der Waals surface area contributed by atoms with E-state index < -0.39 is 0 Å². The highest BCUT2D eigenvalue weighted by atomic mass is 16.5. The van der Waals surface area contributed by atoms with Crippen LogP contribution in [0, 0.1) is 0 Å². The first-order chi connectivity index (χ1) is 12.1.